The van der Waals surface area contributed by atoms with Crippen LogP contribution in [0.1, 0.15) is 0 Å². The molecule has 0 aliphatic heterocycles. The van der Waals surface area contributed by atoms with Crippen LogP contribution in [0.5, 0.6) is 0 Å². The van der Waals surface area contributed by atoms with Gasteiger partial charge < -0.3 is 0 Å². The van der Waals surface area contributed by atoms with E-state index in [1.807, 2.05) is 12.2 Å². The second-order valence-corrected chi connectivity index (χ2v) is 2.39. The Hall–Kier alpha value is 0.385. The quantitative estimate of drug-likeness (QED) is 0.506. The molecule has 7 heavy (non-hydrogen) atoms. The van der Waals surface area contributed by atoms with Crippen molar-refractivity contribution in [1.82, 2.24) is 0 Å². The Morgan fingerprint density at radius 2 is 1.57 bits per heavy atom. The molecule has 0 spiro atoms. The molecule has 0 aromatic rings. The Kier molecular flexibility index (Phi) is 9.47. The van der Waals surface area contributed by atoms with Crippen molar-refractivity contribution in [3.63, 3.8) is 0 Å². The van der Waals surface area contributed by atoms with Gasteiger partial charge in [0.2, 0.25) is 0 Å². The van der Waals surface area contributed by atoms with Crippen molar-refractivity contribution in [2.24, 2.45) is 0 Å². The summed E-state index contributed by atoms with van der Waals surface area (Å²) in [4.78, 5) is 0. The Balaban J connectivity index is 0. The van der Waals surface area contributed by atoms with Crippen molar-refractivity contribution in [2.75, 3.05) is 0 Å². The zero-order chi connectivity index (χ0) is 4.99. The van der Waals surface area contributed by atoms with E-state index in [0.29, 0.717) is 4.31 Å². The first-order chi connectivity index (χ1) is 2.81. The van der Waals surface area contributed by atoms with Crippen LogP contribution in [0.25, 0.3) is 0 Å². The second-order valence-electron chi connectivity index (χ2n) is 0.875. The maximum Gasteiger partial charge on any atom is -0.0149 e. The van der Waals surface area contributed by atoms with Crippen LogP contribution in [0.4, 0.5) is 0 Å². The zero-order valence-corrected chi connectivity index (χ0v) is 5.73. The van der Waals surface area contributed by atoms with Gasteiger partial charge in [-0.25, -0.2) is 0 Å². The topological polar surface area (TPSA) is 0 Å². The molecular formula is C5H11PtSi. The van der Waals surface area contributed by atoms with E-state index in [1.165, 1.54) is 0 Å². The molecule has 45 valence electrons. The van der Waals surface area contributed by atoms with E-state index in [2.05, 4.69) is 33.0 Å². The average Bonchev–Trinajstić information content (AvgIpc) is 1.65. The molecule has 0 aromatic heterocycles. The molecule has 0 aliphatic carbocycles. The normalized spacial score (nSPS) is 7.29. The van der Waals surface area contributed by atoms with Gasteiger partial charge in [0.1, 0.15) is 0 Å². The SMILES string of the molecule is C=C[CH]([Pt])C=C.[SiH4]. The second kappa shape index (κ2) is 6.39. The molecule has 0 amide bonds. The summed E-state index contributed by atoms with van der Waals surface area (Å²) in [5, 5.41) is 0. The summed E-state index contributed by atoms with van der Waals surface area (Å²) in [5.74, 6) is 0. The van der Waals surface area contributed by atoms with Crippen LogP contribution in [0.15, 0.2) is 25.3 Å². The van der Waals surface area contributed by atoms with Gasteiger partial charge in [0, 0.05) is 0 Å². The minimum absolute atomic E-state index is 0. The van der Waals surface area contributed by atoms with Gasteiger partial charge in [0.15, 0.2) is 0 Å². The Bertz CT molecular complexity index is 53.1. The minimum Gasteiger partial charge on any atom is -0.0149 e. The van der Waals surface area contributed by atoms with Crippen LogP contribution >= 0.6 is 0 Å². The first kappa shape index (κ1) is 10.4. The molecule has 0 nitrogen and oxygen atoms in total. The predicted molar refractivity (Wildman–Crippen MR) is 35.5 cm³/mol. The van der Waals surface area contributed by atoms with Crippen LogP contribution in [-0.2, 0) is 19.8 Å². The van der Waals surface area contributed by atoms with Crippen molar-refractivity contribution in [1.29, 1.82) is 0 Å². The maximum atomic E-state index is 3.55. The average molecular weight is 294 g/mol. The van der Waals surface area contributed by atoms with Gasteiger partial charge in [0.05, 0.1) is 0 Å². The van der Waals surface area contributed by atoms with E-state index in [0.717, 1.165) is 0 Å². The molecule has 0 N–H and O–H groups in total. The van der Waals surface area contributed by atoms with Crippen LogP contribution in [0.3, 0.4) is 0 Å². The third-order valence-corrected chi connectivity index (χ3v) is 1.49. The van der Waals surface area contributed by atoms with Crippen molar-refractivity contribution in [3.8, 4) is 0 Å². The van der Waals surface area contributed by atoms with Crippen LogP contribution in [0.2, 0.25) is 4.31 Å². The fourth-order valence-electron chi connectivity index (χ4n) is 0.0962. The molecule has 0 saturated carbocycles. The number of hydrogen-bond acceptors (Lipinski definition) is 0. The molecular weight excluding hydrogens is 283 g/mol. The van der Waals surface area contributed by atoms with Crippen molar-refractivity contribution in [2.45, 2.75) is 4.31 Å². The fraction of sp³-hybridized carbons (Fsp3) is 0.200. The molecule has 0 heterocycles. The van der Waals surface area contributed by atoms with E-state index >= 15 is 0 Å². The number of hydrogen-bond donors (Lipinski definition) is 0. The molecule has 0 unspecified atom stereocenters. The fourth-order valence-corrected chi connectivity index (χ4v) is 0.0962. The molecule has 0 saturated heterocycles. The molecule has 0 aliphatic rings. The van der Waals surface area contributed by atoms with Crippen LogP contribution in [-0.4, -0.2) is 11.0 Å². The Morgan fingerprint density at radius 3 is 1.57 bits per heavy atom. The van der Waals surface area contributed by atoms with Gasteiger partial charge in [-0.3, -0.25) is 0 Å². The molecule has 0 atom stereocenters. The summed E-state index contributed by atoms with van der Waals surface area (Å²) >= 11 is 2.22. The van der Waals surface area contributed by atoms with E-state index in [9.17, 15) is 0 Å². The van der Waals surface area contributed by atoms with Gasteiger partial charge in [-0.2, -0.15) is 0 Å². The standard InChI is InChI=1S/C5H7.Pt.H4Si/c1-3-5-4-2;;/h3-5H,1-2H2;;1H4. The van der Waals surface area contributed by atoms with Gasteiger partial charge >= 0.3 is 49.4 Å². The van der Waals surface area contributed by atoms with Gasteiger partial charge in [0.25, 0.3) is 0 Å². The first-order valence-corrected chi connectivity index (χ1v) is 2.98. The molecule has 0 fully saturated rings. The van der Waals surface area contributed by atoms with E-state index in [-0.39, 0.29) is 11.0 Å². The van der Waals surface area contributed by atoms with Gasteiger partial charge in [-0.1, -0.05) is 0 Å². The summed E-state index contributed by atoms with van der Waals surface area (Å²) in [6, 6.07) is 0. The monoisotopic (exact) mass is 294 g/mol. The predicted octanol–water partition coefficient (Wildman–Crippen LogP) is 0.242. The van der Waals surface area contributed by atoms with Gasteiger partial charge in [-0.05, 0) is 11.0 Å². The number of allylic oxidation sites excluding steroid dienone is 2. The van der Waals surface area contributed by atoms with E-state index < -0.39 is 0 Å². The largest absolute Gasteiger partial charge is 0.0149 e. The molecule has 0 rings (SSSR count). The first-order valence-electron chi connectivity index (χ1n) is 1.67. The maximum absolute atomic E-state index is 3.55. The summed E-state index contributed by atoms with van der Waals surface area (Å²) in [6.07, 6.45) is 3.68. The van der Waals surface area contributed by atoms with Crippen molar-refractivity contribution < 1.29 is 19.8 Å². The van der Waals surface area contributed by atoms with Crippen molar-refractivity contribution >= 4 is 11.0 Å². The molecule has 2 heteroatoms. The molecule has 0 radical (unpaired) electrons. The summed E-state index contributed by atoms with van der Waals surface area (Å²) in [5.41, 5.74) is 0. The van der Waals surface area contributed by atoms with Crippen LogP contribution < -0.4 is 0 Å². The molecule has 0 bridgehead atoms. The van der Waals surface area contributed by atoms with E-state index in [4.69, 9.17) is 0 Å². The third kappa shape index (κ3) is 6.39. The van der Waals surface area contributed by atoms with Crippen molar-refractivity contribution in [3.05, 3.63) is 25.3 Å². The minimum atomic E-state index is 0. The van der Waals surface area contributed by atoms with E-state index in [1.54, 1.807) is 0 Å². The summed E-state index contributed by atoms with van der Waals surface area (Å²) in [7, 11) is 0. The third-order valence-electron chi connectivity index (χ3n) is 0.421. The zero-order valence-electron chi connectivity index (χ0n) is 3.46. The summed E-state index contributed by atoms with van der Waals surface area (Å²) in [6.45, 7) is 7.11. The van der Waals surface area contributed by atoms with Crippen LogP contribution in [0, 0.1) is 0 Å². The van der Waals surface area contributed by atoms with Gasteiger partial charge in [-0.15, -0.1) is 0 Å². The molecule has 0 aromatic carbocycles. The Labute approximate surface area is 60.6 Å². The summed E-state index contributed by atoms with van der Waals surface area (Å²) < 4.78 is 0.435. The Morgan fingerprint density at radius 1 is 1.29 bits per heavy atom. The smallest absolute Gasteiger partial charge is 0.0149 e. The number of rotatable bonds is 2.